The Morgan fingerprint density at radius 2 is 1.62 bits per heavy atom. The number of thiol groups is 1. The van der Waals surface area contributed by atoms with Gasteiger partial charge in [0.25, 0.3) is 0 Å². The van der Waals surface area contributed by atoms with Crippen molar-refractivity contribution < 1.29 is 0 Å². The summed E-state index contributed by atoms with van der Waals surface area (Å²) in [4.78, 5) is 0. The smallest absolute Gasteiger partial charge is 0.0250 e. The van der Waals surface area contributed by atoms with Crippen LogP contribution in [-0.2, 0) is 0 Å². The standard InChI is InChI=1S/C10H11N.C4H10S/c11-7-8-1-3-9(4-2-8)10-5-6-10;1-4(2,3)5/h1-4,7,10-11H,5-6H2;5H,1-3H3. The summed E-state index contributed by atoms with van der Waals surface area (Å²) >= 11 is 4.12. The van der Waals surface area contributed by atoms with Gasteiger partial charge in [-0.25, -0.2) is 0 Å². The molecular weight excluding hydrogens is 214 g/mol. The van der Waals surface area contributed by atoms with Crippen LogP contribution in [0.4, 0.5) is 0 Å². The predicted molar refractivity (Wildman–Crippen MR) is 75.0 cm³/mol. The number of hydrogen-bond donors (Lipinski definition) is 2. The van der Waals surface area contributed by atoms with E-state index in [4.69, 9.17) is 5.41 Å². The maximum absolute atomic E-state index is 7.01. The summed E-state index contributed by atoms with van der Waals surface area (Å²) < 4.78 is 0.194. The highest BCUT2D eigenvalue weighted by Crippen LogP contribution is 2.39. The Kier molecular flexibility index (Phi) is 4.60. The summed E-state index contributed by atoms with van der Waals surface area (Å²) in [7, 11) is 0. The molecule has 1 aromatic carbocycles. The van der Waals surface area contributed by atoms with E-state index in [1.807, 2.05) is 12.1 Å². The van der Waals surface area contributed by atoms with Crippen molar-refractivity contribution in [3.05, 3.63) is 35.4 Å². The maximum Gasteiger partial charge on any atom is 0.0250 e. The molecule has 16 heavy (non-hydrogen) atoms. The molecule has 0 radical (unpaired) electrons. The van der Waals surface area contributed by atoms with Crippen LogP contribution in [-0.4, -0.2) is 11.0 Å². The molecule has 0 aliphatic heterocycles. The quantitative estimate of drug-likeness (QED) is 0.565. The second-order valence-electron chi connectivity index (χ2n) is 5.26. The SMILES string of the molecule is CC(C)(C)S.N=Cc1ccc(C2CC2)cc1. The first-order valence-corrected chi connectivity index (χ1v) is 6.17. The molecule has 1 fully saturated rings. The van der Waals surface area contributed by atoms with E-state index < -0.39 is 0 Å². The number of benzene rings is 1. The largest absolute Gasteiger partial charge is 0.308 e. The molecule has 0 saturated heterocycles. The Morgan fingerprint density at radius 1 is 1.19 bits per heavy atom. The van der Waals surface area contributed by atoms with Crippen molar-refractivity contribution in [1.82, 2.24) is 0 Å². The van der Waals surface area contributed by atoms with Crippen molar-refractivity contribution in [2.24, 2.45) is 0 Å². The Balaban J connectivity index is 0.000000221. The molecule has 0 heterocycles. The first kappa shape index (κ1) is 13.3. The molecule has 1 saturated carbocycles. The molecule has 1 nitrogen and oxygen atoms in total. The zero-order valence-electron chi connectivity index (χ0n) is 10.3. The van der Waals surface area contributed by atoms with Gasteiger partial charge in [-0.1, -0.05) is 45.0 Å². The van der Waals surface area contributed by atoms with Crippen molar-refractivity contribution in [3.63, 3.8) is 0 Å². The van der Waals surface area contributed by atoms with Crippen LogP contribution in [0.15, 0.2) is 24.3 Å². The van der Waals surface area contributed by atoms with Crippen molar-refractivity contribution in [2.45, 2.75) is 44.3 Å². The van der Waals surface area contributed by atoms with Gasteiger partial charge in [-0.15, -0.1) is 0 Å². The van der Waals surface area contributed by atoms with E-state index in [9.17, 15) is 0 Å². The van der Waals surface area contributed by atoms with E-state index in [-0.39, 0.29) is 4.75 Å². The third-order valence-electron chi connectivity index (χ3n) is 2.15. The summed E-state index contributed by atoms with van der Waals surface area (Å²) in [5.74, 6) is 0.829. The fourth-order valence-corrected chi connectivity index (χ4v) is 1.28. The third-order valence-corrected chi connectivity index (χ3v) is 2.15. The second kappa shape index (κ2) is 5.53. The lowest BCUT2D eigenvalue weighted by Crippen LogP contribution is -1.99. The first-order valence-electron chi connectivity index (χ1n) is 5.73. The van der Waals surface area contributed by atoms with Gasteiger partial charge in [0.05, 0.1) is 0 Å². The normalized spacial score (nSPS) is 15.0. The van der Waals surface area contributed by atoms with Crippen LogP contribution in [0.1, 0.15) is 50.7 Å². The summed E-state index contributed by atoms with van der Waals surface area (Å²) in [5.41, 5.74) is 2.44. The Morgan fingerprint density at radius 3 is 1.94 bits per heavy atom. The molecule has 1 aliphatic carbocycles. The minimum atomic E-state index is 0.194. The Labute approximate surface area is 104 Å². The maximum atomic E-state index is 7.01. The number of nitrogens with one attached hydrogen (secondary N) is 1. The zero-order valence-corrected chi connectivity index (χ0v) is 11.2. The van der Waals surface area contributed by atoms with Crippen LogP contribution in [0.2, 0.25) is 0 Å². The molecule has 88 valence electrons. The fraction of sp³-hybridized carbons (Fsp3) is 0.500. The van der Waals surface area contributed by atoms with E-state index in [1.54, 1.807) is 0 Å². The van der Waals surface area contributed by atoms with Gasteiger partial charge in [-0.3, -0.25) is 0 Å². The molecule has 0 bridgehead atoms. The molecule has 0 unspecified atom stereocenters. The van der Waals surface area contributed by atoms with Gasteiger partial charge in [0.1, 0.15) is 0 Å². The van der Waals surface area contributed by atoms with Gasteiger partial charge in [-0.05, 0) is 29.9 Å². The van der Waals surface area contributed by atoms with Crippen LogP contribution >= 0.6 is 12.6 Å². The molecule has 1 N–H and O–H groups in total. The molecule has 0 amide bonds. The van der Waals surface area contributed by atoms with E-state index in [2.05, 4.69) is 45.5 Å². The topological polar surface area (TPSA) is 23.9 Å². The van der Waals surface area contributed by atoms with Crippen LogP contribution in [0.3, 0.4) is 0 Å². The zero-order chi connectivity index (χ0) is 12.2. The summed E-state index contributed by atoms with van der Waals surface area (Å²) in [5, 5.41) is 7.01. The lowest BCUT2D eigenvalue weighted by molar-refractivity contribution is 0.812. The third kappa shape index (κ3) is 5.96. The molecule has 1 aromatic rings. The van der Waals surface area contributed by atoms with Crippen molar-refractivity contribution in [3.8, 4) is 0 Å². The lowest BCUT2D eigenvalue weighted by Gasteiger charge is -2.04. The van der Waals surface area contributed by atoms with Crippen molar-refractivity contribution in [1.29, 1.82) is 5.41 Å². The predicted octanol–water partition coefficient (Wildman–Crippen LogP) is 4.28. The first-order chi connectivity index (χ1) is 7.40. The van der Waals surface area contributed by atoms with E-state index in [1.165, 1.54) is 24.6 Å². The lowest BCUT2D eigenvalue weighted by atomic mass is 10.1. The van der Waals surface area contributed by atoms with Crippen LogP contribution < -0.4 is 0 Å². The fourth-order valence-electron chi connectivity index (χ4n) is 1.28. The van der Waals surface area contributed by atoms with Gasteiger partial charge < -0.3 is 5.41 Å². The van der Waals surface area contributed by atoms with Gasteiger partial charge in [0.15, 0.2) is 0 Å². The average Bonchev–Trinajstić information content (AvgIpc) is 2.99. The van der Waals surface area contributed by atoms with Crippen molar-refractivity contribution >= 4 is 18.8 Å². The molecule has 0 spiro atoms. The van der Waals surface area contributed by atoms with Crippen molar-refractivity contribution in [2.75, 3.05) is 0 Å². The average molecular weight is 235 g/mol. The molecule has 0 atom stereocenters. The molecule has 2 heteroatoms. The highest BCUT2D eigenvalue weighted by Gasteiger charge is 2.22. The monoisotopic (exact) mass is 235 g/mol. The highest BCUT2D eigenvalue weighted by atomic mass is 32.1. The highest BCUT2D eigenvalue weighted by molar-refractivity contribution is 7.81. The van der Waals surface area contributed by atoms with Gasteiger partial charge in [-0.2, -0.15) is 12.6 Å². The molecule has 2 rings (SSSR count). The summed E-state index contributed by atoms with van der Waals surface area (Å²) in [6.07, 6.45) is 4.09. The van der Waals surface area contributed by atoms with E-state index in [0.29, 0.717) is 0 Å². The van der Waals surface area contributed by atoms with Crippen LogP contribution in [0.25, 0.3) is 0 Å². The molecule has 0 aromatic heterocycles. The summed E-state index contributed by atoms with van der Waals surface area (Å²) in [6, 6.07) is 8.30. The van der Waals surface area contributed by atoms with E-state index >= 15 is 0 Å². The van der Waals surface area contributed by atoms with Gasteiger partial charge in [0, 0.05) is 11.0 Å². The van der Waals surface area contributed by atoms with Gasteiger partial charge in [0.2, 0.25) is 0 Å². The minimum Gasteiger partial charge on any atom is -0.308 e. The van der Waals surface area contributed by atoms with E-state index in [0.717, 1.165) is 11.5 Å². The molecule has 1 aliphatic rings. The second-order valence-corrected chi connectivity index (χ2v) is 6.60. The Hall–Kier alpha value is -0.760. The summed E-state index contributed by atoms with van der Waals surface area (Å²) in [6.45, 7) is 6.16. The minimum absolute atomic E-state index is 0.194. The molecular formula is C14H21NS. The number of rotatable bonds is 2. The van der Waals surface area contributed by atoms with Crippen LogP contribution in [0, 0.1) is 5.41 Å². The van der Waals surface area contributed by atoms with Crippen LogP contribution in [0.5, 0.6) is 0 Å². The Bertz CT molecular complexity index is 325. The number of hydrogen-bond acceptors (Lipinski definition) is 2. The van der Waals surface area contributed by atoms with Gasteiger partial charge >= 0.3 is 0 Å².